The highest BCUT2D eigenvalue weighted by atomic mass is 35.5. The maximum absolute atomic E-state index is 12.0. The van der Waals surface area contributed by atoms with E-state index in [-0.39, 0.29) is 12.5 Å². The molecular weight excluding hydrogens is 290 g/mol. The van der Waals surface area contributed by atoms with E-state index in [4.69, 9.17) is 16.3 Å². The van der Waals surface area contributed by atoms with Crippen LogP contribution in [0.5, 0.6) is 5.75 Å². The van der Waals surface area contributed by atoms with E-state index in [1.54, 1.807) is 48.5 Å². The molecule has 1 atom stereocenters. The summed E-state index contributed by atoms with van der Waals surface area (Å²) in [7, 11) is 1.54. The molecule has 5 heteroatoms. The second kappa shape index (κ2) is 7.11. The monoisotopic (exact) mass is 305 g/mol. The molecule has 0 aromatic heterocycles. The van der Waals surface area contributed by atoms with Gasteiger partial charge < -0.3 is 15.2 Å². The predicted octanol–water partition coefficient (Wildman–Crippen LogP) is 2.81. The Morgan fingerprint density at radius 2 is 2.05 bits per heavy atom. The van der Waals surface area contributed by atoms with Gasteiger partial charge >= 0.3 is 0 Å². The van der Waals surface area contributed by atoms with Gasteiger partial charge in [0.15, 0.2) is 0 Å². The van der Waals surface area contributed by atoms with E-state index >= 15 is 0 Å². The Morgan fingerprint density at radius 1 is 1.29 bits per heavy atom. The summed E-state index contributed by atoms with van der Waals surface area (Å²) in [4.78, 5) is 12.0. The molecule has 0 heterocycles. The smallest absolute Gasteiger partial charge is 0.251 e. The molecule has 2 aromatic rings. The average molecular weight is 306 g/mol. The lowest BCUT2D eigenvalue weighted by Gasteiger charge is -2.13. The van der Waals surface area contributed by atoms with Gasteiger partial charge in [0.1, 0.15) is 5.75 Å². The Balaban J connectivity index is 1.99. The molecule has 2 N–H and O–H groups in total. The van der Waals surface area contributed by atoms with E-state index < -0.39 is 6.10 Å². The van der Waals surface area contributed by atoms with Crippen LogP contribution in [-0.2, 0) is 0 Å². The van der Waals surface area contributed by atoms with Crippen LogP contribution in [0.2, 0.25) is 5.02 Å². The molecule has 2 aromatic carbocycles. The molecule has 0 bridgehead atoms. The molecule has 0 saturated heterocycles. The molecule has 0 aliphatic rings. The second-order valence-corrected chi connectivity index (χ2v) is 4.89. The maximum Gasteiger partial charge on any atom is 0.251 e. The first-order chi connectivity index (χ1) is 10.1. The summed E-state index contributed by atoms with van der Waals surface area (Å²) in [5.41, 5.74) is 1.06. The summed E-state index contributed by atoms with van der Waals surface area (Å²) in [5, 5.41) is 13.2. The third-order valence-corrected chi connectivity index (χ3v) is 3.40. The molecule has 0 saturated carbocycles. The van der Waals surface area contributed by atoms with E-state index in [1.165, 1.54) is 7.11 Å². The van der Waals surface area contributed by atoms with Gasteiger partial charge in [-0.1, -0.05) is 35.9 Å². The topological polar surface area (TPSA) is 58.6 Å². The van der Waals surface area contributed by atoms with Crippen molar-refractivity contribution in [1.82, 2.24) is 5.32 Å². The van der Waals surface area contributed by atoms with Crippen molar-refractivity contribution < 1.29 is 14.6 Å². The highest BCUT2D eigenvalue weighted by Gasteiger charge is 2.13. The van der Waals surface area contributed by atoms with Crippen molar-refractivity contribution in [2.45, 2.75) is 6.10 Å². The van der Waals surface area contributed by atoms with Crippen LogP contribution in [0.3, 0.4) is 0 Å². The number of rotatable bonds is 5. The lowest BCUT2D eigenvalue weighted by Crippen LogP contribution is -2.28. The molecule has 110 valence electrons. The molecule has 0 unspecified atom stereocenters. The van der Waals surface area contributed by atoms with Gasteiger partial charge in [0, 0.05) is 22.7 Å². The second-order valence-electron chi connectivity index (χ2n) is 4.48. The largest absolute Gasteiger partial charge is 0.497 e. The number of hydrogen-bond donors (Lipinski definition) is 2. The summed E-state index contributed by atoms with van der Waals surface area (Å²) in [6, 6.07) is 13.8. The molecule has 0 aliphatic carbocycles. The Labute approximate surface area is 128 Å². The zero-order valence-electron chi connectivity index (χ0n) is 11.5. The maximum atomic E-state index is 12.0. The first kappa shape index (κ1) is 15.4. The Morgan fingerprint density at radius 3 is 2.76 bits per heavy atom. The van der Waals surface area contributed by atoms with Gasteiger partial charge in [-0.3, -0.25) is 4.79 Å². The predicted molar refractivity (Wildman–Crippen MR) is 81.7 cm³/mol. The summed E-state index contributed by atoms with van der Waals surface area (Å²) in [6.07, 6.45) is -0.853. The van der Waals surface area contributed by atoms with Crippen LogP contribution < -0.4 is 10.1 Å². The van der Waals surface area contributed by atoms with Gasteiger partial charge in [-0.25, -0.2) is 0 Å². The zero-order chi connectivity index (χ0) is 15.2. The lowest BCUT2D eigenvalue weighted by atomic mass is 10.1. The number of hydrogen-bond acceptors (Lipinski definition) is 3. The SMILES string of the molecule is COc1cccc(C(=O)NC[C@@H](O)c2ccccc2Cl)c1. The van der Waals surface area contributed by atoms with Crippen molar-refractivity contribution in [2.24, 2.45) is 0 Å². The van der Waals surface area contributed by atoms with Crippen molar-refractivity contribution >= 4 is 17.5 Å². The van der Waals surface area contributed by atoms with Gasteiger partial charge in [0.2, 0.25) is 0 Å². The Kier molecular flexibility index (Phi) is 5.20. The van der Waals surface area contributed by atoms with Crippen LogP contribution in [0.4, 0.5) is 0 Å². The summed E-state index contributed by atoms with van der Waals surface area (Å²) in [6.45, 7) is 0.0831. The quantitative estimate of drug-likeness (QED) is 0.893. The van der Waals surface area contributed by atoms with Crippen molar-refractivity contribution in [3.05, 3.63) is 64.7 Å². The van der Waals surface area contributed by atoms with E-state index in [0.29, 0.717) is 21.9 Å². The highest BCUT2D eigenvalue weighted by molar-refractivity contribution is 6.31. The van der Waals surface area contributed by atoms with E-state index in [0.717, 1.165) is 0 Å². The standard InChI is InChI=1S/C16H16ClNO3/c1-21-12-6-4-5-11(9-12)16(20)18-10-15(19)13-7-2-3-8-14(13)17/h2-9,15,19H,10H2,1H3,(H,18,20)/t15-/m1/s1. The van der Waals surface area contributed by atoms with Gasteiger partial charge in [-0.2, -0.15) is 0 Å². The number of halogens is 1. The van der Waals surface area contributed by atoms with Crippen LogP contribution in [0.1, 0.15) is 22.0 Å². The van der Waals surface area contributed by atoms with Crippen LogP contribution in [-0.4, -0.2) is 24.7 Å². The number of amides is 1. The molecule has 2 rings (SSSR count). The number of aliphatic hydroxyl groups excluding tert-OH is 1. The summed E-state index contributed by atoms with van der Waals surface area (Å²) < 4.78 is 5.07. The van der Waals surface area contributed by atoms with Gasteiger partial charge in [-0.05, 0) is 24.3 Å². The minimum absolute atomic E-state index is 0.0831. The van der Waals surface area contributed by atoms with Crippen LogP contribution in [0.15, 0.2) is 48.5 Å². The molecule has 0 aliphatic heterocycles. The molecular formula is C16H16ClNO3. The van der Waals surface area contributed by atoms with Crippen LogP contribution >= 0.6 is 11.6 Å². The fraction of sp³-hybridized carbons (Fsp3) is 0.188. The Bertz CT molecular complexity index is 630. The molecule has 0 spiro atoms. The first-order valence-electron chi connectivity index (χ1n) is 6.46. The summed E-state index contributed by atoms with van der Waals surface area (Å²) in [5.74, 6) is 0.328. The fourth-order valence-corrected chi connectivity index (χ4v) is 2.17. The number of benzene rings is 2. The normalized spacial score (nSPS) is 11.8. The van der Waals surface area contributed by atoms with E-state index in [9.17, 15) is 9.90 Å². The van der Waals surface area contributed by atoms with Crippen LogP contribution in [0.25, 0.3) is 0 Å². The molecule has 0 fully saturated rings. The molecule has 4 nitrogen and oxygen atoms in total. The van der Waals surface area contributed by atoms with Crippen molar-refractivity contribution in [3.8, 4) is 5.75 Å². The molecule has 0 radical (unpaired) electrons. The number of ether oxygens (including phenoxy) is 1. The van der Waals surface area contributed by atoms with Gasteiger partial charge in [0.05, 0.1) is 13.2 Å². The third-order valence-electron chi connectivity index (χ3n) is 3.05. The van der Waals surface area contributed by atoms with E-state index in [2.05, 4.69) is 5.32 Å². The average Bonchev–Trinajstić information content (AvgIpc) is 2.52. The number of aliphatic hydroxyl groups is 1. The number of nitrogens with one attached hydrogen (secondary N) is 1. The first-order valence-corrected chi connectivity index (χ1v) is 6.84. The fourth-order valence-electron chi connectivity index (χ4n) is 1.91. The minimum atomic E-state index is -0.853. The van der Waals surface area contributed by atoms with Crippen LogP contribution in [0, 0.1) is 0 Å². The van der Waals surface area contributed by atoms with Crippen molar-refractivity contribution in [1.29, 1.82) is 0 Å². The van der Waals surface area contributed by atoms with Crippen molar-refractivity contribution in [3.63, 3.8) is 0 Å². The minimum Gasteiger partial charge on any atom is -0.497 e. The Hall–Kier alpha value is -2.04. The number of carbonyl (C=O) groups is 1. The number of carbonyl (C=O) groups excluding carboxylic acids is 1. The molecule has 1 amide bonds. The summed E-state index contributed by atoms with van der Waals surface area (Å²) >= 11 is 6.00. The third kappa shape index (κ3) is 3.97. The molecule has 21 heavy (non-hydrogen) atoms. The van der Waals surface area contributed by atoms with Crippen molar-refractivity contribution in [2.75, 3.05) is 13.7 Å². The zero-order valence-corrected chi connectivity index (χ0v) is 12.3. The number of methoxy groups -OCH3 is 1. The van der Waals surface area contributed by atoms with Gasteiger partial charge in [-0.15, -0.1) is 0 Å². The van der Waals surface area contributed by atoms with Gasteiger partial charge in [0.25, 0.3) is 5.91 Å². The highest BCUT2D eigenvalue weighted by Crippen LogP contribution is 2.22. The lowest BCUT2D eigenvalue weighted by molar-refractivity contribution is 0.0916. The van der Waals surface area contributed by atoms with E-state index in [1.807, 2.05) is 0 Å².